The van der Waals surface area contributed by atoms with Gasteiger partial charge in [0.2, 0.25) is 15.9 Å². The highest BCUT2D eigenvalue weighted by Crippen LogP contribution is 2.56. The van der Waals surface area contributed by atoms with Crippen molar-refractivity contribution in [2.24, 2.45) is 10.4 Å². The van der Waals surface area contributed by atoms with Crippen LogP contribution in [0.15, 0.2) is 58.4 Å². The van der Waals surface area contributed by atoms with Crippen LogP contribution in [0.2, 0.25) is 0 Å². The van der Waals surface area contributed by atoms with Gasteiger partial charge in [0.25, 0.3) is 5.69 Å². The van der Waals surface area contributed by atoms with E-state index in [1.807, 2.05) is 0 Å². The minimum absolute atomic E-state index is 0.130. The molecule has 0 bridgehead atoms. The summed E-state index contributed by atoms with van der Waals surface area (Å²) >= 11 is 3.18. The number of ether oxygens (including phenoxy) is 3. The van der Waals surface area contributed by atoms with E-state index in [9.17, 15) is 32.9 Å². The number of para-hydroxylation sites is 1. The van der Waals surface area contributed by atoms with Gasteiger partial charge in [-0.05, 0) is 37.1 Å². The van der Waals surface area contributed by atoms with Crippen LogP contribution in [-0.4, -0.2) is 81.0 Å². The summed E-state index contributed by atoms with van der Waals surface area (Å²) in [6, 6.07) is 10.9. The summed E-state index contributed by atoms with van der Waals surface area (Å²) < 4.78 is 44.7. The lowest BCUT2D eigenvalue weighted by molar-refractivity contribution is -0.384. The second-order valence-corrected chi connectivity index (χ2v) is 12.1. The maximum atomic E-state index is 13.9. The lowest BCUT2D eigenvalue weighted by Crippen LogP contribution is -2.61. The Labute approximate surface area is 262 Å². The first-order valence-corrected chi connectivity index (χ1v) is 15.6. The molecule has 1 heterocycles. The van der Waals surface area contributed by atoms with Crippen molar-refractivity contribution in [2.45, 2.75) is 30.1 Å². The molecule has 0 fully saturated rings. The first-order valence-electron chi connectivity index (χ1n) is 13.0. The summed E-state index contributed by atoms with van der Waals surface area (Å²) in [4.78, 5) is 55.1. The minimum Gasteiger partial charge on any atom is -0.483 e. The van der Waals surface area contributed by atoms with E-state index in [0.717, 1.165) is 42.8 Å². The molecular weight excluding hydrogens is 662 g/mol. The lowest BCUT2D eigenvalue weighted by Gasteiger charge is -2.44. The fourth-order valence-electron chi connectivity index (χ4n) is 5.45. The van der Waals surface area contributed by atoms with E-state index in [2.05, 4.69) is 32.8 Å². The Morgan fingerprint density at radius 3 is 2.18 bits per heavy atom. The first-order chi connectivity index (χ1) is 20.9. The number of rotatable bonds is 12. The van der Waals surface area contributed by atoms with E-state index in [4.69, 9.17) is 14.2 Å². The van der Waals surface area contributed by atoms with E-state index in [-0.39, 0.29) is 41.3 Å². The zero-order valence-corrected chi connectivity index (χ0v) is 26.8. The average molecular weight is 693 g/mol. The van der Waals surface area contributed by atoms with Crippen LogP contribution in [0, 0.1) is 27.4 Å². The summed E-state index contributed by atoms with van der Waals surface area (Å²) in [5.74, 6) is 2.60. The predicted molar refractivity (Wildman–Crippen MR) is 162 cm³/mol. The number of hydrogen-bond donors (Lipinski definition) is 0. The van der Waals surface area contributed by atoms with Gasteiger partial charge in [0.05, 0.1) is 48.7 Å². The molecule has 3 rings (SSSR count). The lowest BCUT2D eigenvalue weighted by atomic mass is 9.56. The van der Waals surface area contributed by atoms with Crippen molar-refractivity contribution in [2.75, 3.05) is 39.7 Å². The van der Waals surface area contributed by atoms with Gasteiger partial charge in [-0.15, -0.1) is 0 Å². The van der Waals surface area contributed by atoms with Gasteiger partial charge in [-0.2, -0.15) is 4.31 Å². The second-order valence-electron chi connectivity index (χ2n) is 9.64. The van der Waals surface area contributed by atoms with Crippen molar-refractivity contribution in [3.05, 3.63) is 64.2 Å². The van der Waals surface area contributed by atoms with Gasteiger partial charge in [0.1, 0.15) is 11.2 Å². The van der Waals surface area contributed by atoms with Crippen molar-refractivity contribution < 1.29 is 41.9 Å². The molecule has 0 saturated heterocycles. The molecule has 0 aromatic heterocycles. The van der Waals surface area contributed by atoms with Crippen molar-refractivity contribution in [1.82, 2.24) is 4.31 Å². The van der Waals surface area contributed by atoms with E-state index in [1.165, 1.54) is 14.0 Å². The molecule has 1 aliphatic rings. The standard InChI is InChI=1S/C29H30BrN3O10S/c1-20(34)19-29(26(35)42-3,27(36)43-4)28(23-9-5-6-10-24(23)31-25(28)41-2)15-18-32(17-8-7-16-30)44(39,40)22-13-11-21(12-14-22)33(37)38/h5-6,9-14H,15-19H2,1-4H3/t28-/m1/s1. The molecular formula is C29H30BrN3O10S. The Balaban J connectivity index is 2.31. The van der Waals surface area contributed by atoms with E-state index in [1.54, 1.807) is 24.3 Å². The van der Waals surface area contributed by atoms with E-state index >= 15 is 0 Å². The first kappa shape index (κ1) is 34.4. The molecule has 0 aliphatic carbocycles. The number of alkyl halides is 1. The smallest absolute Gasteiger partial charge is 0.325 e. The molecule has 0 spiro atoms. The highest BCUT2D eigenvalue weighted by molar-refractivity contribution is 9.09. The molecule has 0 amide bonds. The monoisotopic (exact) mass is 691 g/mol. The van der Waals surface area contributed by atoms with Crippen LogP contribution in [-0.2, 0) is 44.0 Å². The van der Waals surface area contributed by atoms with Crippen LogP contribution in [0.5, 0.6) is 0 Å². The average Bonchev–Trinajstić information content (AvgIpc) is 3.34. The third kappa shape index (κ3) is 6.10. The number of sulfonamides is 1. The zero-order valence-electron chi connectivity index (χ0n) is 24.4. The zero-order chi connectivity index (χ0) is 32.7. The fourth-order valence-corrected chi connectivity index (χ4v) is 6.99. The number of carbonyl (C=O) groups excluding carboxylic acids is 3. The van der Waals surface area contributed by atoms with Gasteiger partial charge in [-0.1, -0.05) is 46.0 Å². The Bertz CT molecular complexity index is 1630. The van der Waals surface area contributed by atoms with Crippen molar-refractivity contribution >= 4 is 60.9 Å². The van der Waals surface area contributed by atoms with Crippen LogP contribution < -0.4 is 0 Å². The van der Waals surface area contributed by atoms with Gasteiger partial charge in [-0.3, -0.25) is 24.5 Å². The number of ketones is 1. The Hall–Kier alpha value is -4.13. The fraction of sp³-hybridized carbons (Fsp3) is 0.379. The van der Waals surface area contributed by atoms with Crippen LogP contribution in [0.1, 0.15) is 25.3 Å². The normalized spacial score (nSPS) is 15.8. The van der Waals surface area contributed by atoms with Gasteiger partial charge in [-0.25, -0.2) is 13.4 Å². The topological polar surface area (TPSA) is 172 Å². The summed E-state index contributed by atoms with van der Waals surface area (Å²) in [5.41, 5.74) is -3.92. The highest BCUT2D eigenvalue weighted by atomic mass is 79.9. The van der Waals surface area contributed by atoms with Crippen LogP contribution in [0.25, 0.3) is 0 Å². The SMILES string of the molecule is COC(=O)C(CC(C)=O)(C(=O)OC)[C@@]1(CCN(CC#CCBr)S(=O)(=O)c2ccc([N+](=O)[O-])cc2)C(OC)=Nc2ccccc21. The largest absolute Gasteiger partial charge is 0.483 e. The molecule has 0 N–H and O–H groups in total. The number of nitro benzene ring substituents is 1. The van der Waals surface area contributed by atoms with Gasteiger partial charge >= 0.3 is 11.9 Å². The Morgan fingerprint density at radius 1 is 1.05 bits per heavy atom. The van der Waals surface area contributed by atoms with E-state index in [0.29, 0.717) is 11.3 Å². The third-order valence-electron chi connectivity index (χ3n) is 7.32. The number of hydrogen-bond acceptors (Lipinski definition) is 11. The molecule has 1 atom stereocenters. The van der Waals surface area contributed by atoms with E-state index < -0.39 is 49.9 Å². The van der Waals surface area contributed by atoms with Gasteiger partial charge in [0, 0.05) is 25.1 Å². The maximum Gasteiger partial charge on any atom is 0.325 e. The molecule has 234 valence electrons. The minimum atomic E-state index is -4.35. The number of Topliss-reactive ketones (excluding diaryl/α,β-unsaturated/α-hetero) is 1. The Morgan fingerprint density at radius 2 is 1.66 bits per heavy atom. The van der Waals surface area contributed by atoms with Crippen molar-refractivity contribution in [1.29, 1.82) is 0 Å². The summed E-state index contributed by atoms with van der Waals surface area (Å²) in [6.45, 7) is 0.499. The number of aliphatic imine (C=N–C) groups is 1. The van der Waals surface area contributed by atoms with Gasteiger partial charge < -0.3 is 14.2 Å². The molecule has 13 nitrogen and oxygen atoms in total. The Kier molecular flexibility index (Phi) is 11.0. The summed E-state index contributed by atoms with van der Waals surface area (Å²) in [7, 11) is -0.964. The van der Waals surface area contributed by atoms with Crippen LogP contribution >= 0.6 is 15.9 Å². The van der Waals surface area contributed by atoms with Crippen LogP contribution in [0.3, 0.4) is 0 Å². The maximum absolute atomic E-state index is 13.9. The number of benzene rings is 2. The quantitative estimate of drug-likeness (QED) is 0.0803. The number of methoxy groups -OCH3 is 3. The number of fused-ring (bicyclic) bond motifs is 1. The molecule has 15 heteroatoms. The number of halogens is 1. The molecule has 44 heavy (non-hydrogen) atoms. The van der Waals surface area contributed by atoms with Crippen molar-refractivity contribution in [3.63, 3.8) is 0 Å². The van der Waals surface area contributed by atoms with Crippen LogP contribution in [0.4, 0.5) is 11.4 Å². The summed E-state index contributed by atoms with van der Waals surface area (Å²) in [6.07, 6.45) is -1.00. The molecule has 0 unspecified atom stereocenters. The number of esters is 2. The third-order valence-corrected chi connectivity index (χ3v) is 9.46. The number of nitrogens with zero attached hydrogens (tertiary/aromatic N) is 3. The summed E-state index contributed by atoms with van der Waals surface area (Å²) in [5, 5.41) is 11.4. The second kappa shape index (κ2) is 14.1. The predicted octanol–water partition coefficient (Wildman–Crippen LogP) is 3.31. The molecule has 2 aromatic rings. The number of non-ortho nitro benzene ring substituents is 1. The molecule has 1 aliphatic heterocycles. The van der Waals surface area contributed by atoms with Gasteiger partial charge in [0.15, 0.2) is 5.41 Å². The number of carbonyl (C=O) groups is 3. The molecule has 0 radical (unpaired) electrons. The molecule has 2 aromatic carbocycles. The molecule has 0 saturated carbocycles. The highest BCUT2D eigenvalue weighted by Gasteiger charge is 2.69. The van der Waals surface area contributed by atoms with Crippen molar-refractivity contribution in [3.8, 4) is 11.8 Å². The number of nitro groups is 1.